The zero-order valence-corrected chi connectivity index (χ0v) is 15.3. The molecule has 0 N–H and O–H groups in total. The van der Waals surface area contributed by atoms with Crippen molar-refractivity contribution in [1.29, 1.82) is 0 Å². The molecule has 0 bridgehead atoms. The summed E-state index contributed by atoms with van der Waals surface area (Å²) in [5.74, 6) is 2.57. The van der Waals surface area contributed by atoms with Gasteiger partial charge in [-0.1, -0.05) is 12.1 Å². The number of benzene rings is 1. The molecule has 0 unspecified atom stereocenters. The standard InChI is InChI=1S/C20H31N3O/c1-21-10-8-17(9-11-21)23-13-16-12-22(2)20(19(16)14-23)15-4-6-18(24-3)7-5-15/h4-7,16-17,19-20H,8-14H2,1-3H3/t16-,19+,20+/m0/s1. The van der Waals surface area contributed by atoms with Crippen LogP contribution in [0, 0.1) is 11.8 Å². The number of ether oxygens (including phenoxy) is 1. The van der Waals surface area contributed by atoms with E-state index in [4.69, 9.17) is 4.74 Å². The van der Waals surface area contributed by atoms with Gasteiger partial charge in [-0.15, -0.1) is 0 Å². The van der Waals surface area contributed by atoms with Gasteiger partial charge in [0, 0.05) is 31.7 Å². The fourth-order valence-electron chi connectivity index (χ4n) is 5.25. The van der Waals surface area contributed by atoms with E-state index in [2.05, 4.69) is 53.1 Å². The highest BCUT2D eigenvalue weighted by atomic mass is 16.5. The average Bonchev–Trinajstić information content (AvgIpc) is 3.12. The summed E-state index contributed by atoms with van der Waals surface area (Å²) in [7, 11) is 6.29. The van der Waals surface area contributed by atoms with Gasteiger partial charge in [-0.05, 0) is 69.6 Å². The summed E-state index contributed by atoms with van der Waals surface area (Å²) in [6.07, 6.45) is 2.69. The molecule has 3 atom stereocenters. The smallest absolute Gasteiger partial charge is 0.118 e. The molecule has 4 nitrogen and oxygen atoms in total. The number of hydrogen-bond acceptors (Lipinski definition) is 4. The summed E-state index contributed by atoms with van der Waals surface area (Å²) in [5.41, 5.74) is 1.45. The Morgan fingerprint density at radius 1 is 0.958 bits per heavy atom. The van der Waals surface area contributed by atoms with Crippen molar-refractivity contribution in [3.63, 3.8) is 0 Å². The summed E-state index contributed by atoms with van der Waals surface area (Å²) < 4.78 is 5.32. The number of hydrogen-bond donors (Lipinski definition) is 0. The first-order valence-corrected chi connectivity index (χ1v) is 9.42. The fourth-order valence-corrected chi connectivity index (χ4v) is 5.25. The van der Waals surface area contributed by atoms with E-state index in [0.29, 0.717) is 6.04 Å². The van der Waals surface area contributed by atoms with E-state index in [1.54, 1.807) is 7.11 Å². The van der Waals surface area contributed by atoms with Gasteiger partial charge < -0.3 is 9.64 Å². The van der Waals surface area contributed by atoms with E-state index in [1.807, 2.05) is 0 Å². The molecule has 0 spiro atoms. The summed E-state index contributed by atoms with van der Waals surface area (Å²) in [4.78, 5) is 7.86. The minimum absolute atomic E-state index is 0.567. The predicted molar refractivity (Wildman–Crippen MR) is 97.4 cm³/mol. The van der Waals surface area contributed by atoms with Crippen LogP contribution in [0.3, 0.4) is 0 Å². The molecule has 0 aliphatic carbocycles. The molecule has 1 aromatic rings. The van der Waals surface area contributed by atoms with Crippen LogP contribution in [-0.4, -0.2) is 74.7 Å². The first kappa shape index (κ1) is 16.4. The minimum atomic E-state index is 0.567. The van der Waals surface area contributed by atoms with Crippen molar-refractivity contribution < 1.29 is 4.74 Å². The van der Waals surface area contributed by atoms with Gasteiger partial charge >= 0.3 is 0 Å². The van der Waals surface area contributed by atoms with Gasteiger partial charge in [0.2, 0.25) is 0 Å². The maximum Gasteiger partial charge on any atom is 0.118 e. The Labute approximate surface area is 146 Å². The normalized spacial score (nSPS) is 33.0. The lowest BCUT2D eigenvalue weighted by Crippen LogP contribution is -2.43. The quantitative estimate of drug-likeness (QED) is 0.847. The van der Waals surface area contributed by atoms with Crippen LogP contribution >= 0.6 is 0 Å². The lowest BCUT2D eigenvalue weighted by atomic mass is 9.89. The summed E-state index contributed by atoms with van der Waals surface area (Å²) in [5, 5.41) is 0. The van der Waals surface area contributed by atoms with E-state index < -0.39 is 0 Å². The fraction of sp³-hybridized carbons (Fsp3) is 0.700. The molecule has 3 saturated heterocycles. The second kappa shape index (κ2) is 6.66. The van der Waals surface area contributed by atoms with Crippen molar-refractivity contribution in [2.24, 2.45) is 11.8 Å². The Morgan fingerprint density at radius 2 is 1.67 bits per heavy atom. The highest BCUT2D eigenvalue weighted by Crippen LogP contribution is 2.45. The second-order valence-electron chi connectivity index (χ2n) is 8.07. The summed E-state index contributed by atoms with van der Waals surface area (Å²) >= 11 is 0. The number of methoxy groups -OCH3 is 1. The lowest BCUT2D eigenvalue weighted by molar-refractivity contribution is 0.125. The monoisotopic (exact) mass is 329 g/mol. The molecule has 3 fully saturated rings. The molecule has 24 heavy (non-hydrogen) atoms. The van der Waals surface area contributed by atoms with Gasteiger partial charge in [-0.2, -0.15) is 0 Å². The van der Waals surface area contributed by atoms with Crippen LogP contribution in [0.1, 0.15) is 24.4 Å². The second-order valence-corrected chi connectivity index (χ2v) is 8.07. The number of rotatable bonds is 3. The molecule has 0 saturated carbocycles. The summed E-state index contributed by atoms with van der Waals surface area (Å²) in [6, 6.07) is 10.1. The van der Waals surface area contributed by atoms with Gasteiger partial charge in [0.05, 0.1) is 7.11 Å². The largest absolute Gasteiger partial charge is 0.497 e. The molecule has 132 valence electrons. The molecule has 3 heterocycles. The van der Waals surface area contributed by atoms with Crippen LogP contribution in [-0.2, 0) is 0 Å². The van der Waals surface area contributed by atoms with Crippen LogP contribution in [0.5, 0.6) is 5.75 Å². The first-order chi connectivity index (χ1) is 11.7. The van der Waals surface area contributed by atoms with Crippen molar-refractivity contribution in [1.82, 2.24) is 14.7 Å². The molecule has 1 aromatic carbocycles. The zero-order valence-electron chi connectivity index (χ0n) is 15.3. The van der Waals surface area contributed by atoms with Crippen molar-refractivity contribution in [2.75, 3.05) is 53.9 Å². The van der Waals surface area contributed by atoms with Gasteiger partial charge in [-0.25, -0.2) is 0 Å². The molecule has 4 rings (SSSR count). The van der Waals surface area contributed by atoms with Crippen LogP contribution in [0.2, 0.25) is 0 Å². The Balaban J connectivity index is 1.47. The Morgan fingerprint density at radius 3 is 2.33 bits per heavy atom. The third-order valence-electron chi connectivity index (χ3n) is 6.58. The molecule has 0 aromatic heterocycles. The van der Waals surface area contributed by atoms with E-state index in [9.17, 15) is 0 Å². The van der Waals surface area contributed by atoms with Gasteiger partial charge in [-0.3, -0.25) is 9.80 Å². The number of nitrogens with zero attached hydrogens (tertiary/aromatic N) is 3. The van der Waals surface area contributed by atoms with E-state index in [0.717, 1.165) is 23.6 Å². The van der Waals surface area contributed by atoms with Crippen molar-refractivity contribution >= 4 is 0 Å². The zero-order chi connectivity index (χ0) is 16.7. The molecule has 4 heteroatoms. The number of likely N-dealkylation sites (tertiary alicyclic amines) is 3. The molecular formula is C20H31N3O. The SMILES string of the molecule is COc1ccc([C@@H]2[C@@H]3CN(C4CCN(C)CC4)C[C@@H]3CN2C)cc1. The van der Waals surface area contributed by atoms with Crippen LogP contribution in [0.15, 0.2) is 24.3 Å². The Hall–Kier alpha value is -1.10. The molecule has 3 aliphatic heterocycles. The van der Waals surface area contributed by atoms with Crippen LogP contribution < -0.4 is 4.74 Å². The maximum absolute atomic E-state index is 5.32. The van der Waals surface area contributed by atoms with E-state index in [1.165, 1.54) is 51.1 Å². The van der Waals surface area contributed by atoms with Crippen molar-refractivity contribution in [2.45, 2.75) is 24.9 Å². The number of fused-ring (bicyclic) bond motifs is 1. The Kier molecular flexibility index (Phi) is 4.54. The Bertz CT molecular complexity index is 553. The van der Waals surface area contributed by atoms with Crippen molar-refractivity contribution in [3.05, 3.63) is 29.8 Å². The molecule has 3 aliphatic rings. The topological polar surface area (TPSA) is 19.0 Å². The molecule has 0 amide bonds. The molecular weight excluding hydrogens is 298 g/mol. The van der Waals surface area contributed by atoms with Crippen LogP contribution in [0.4, 0.5) is 0 Å². The third kappa shape index (κ3) is 2.96. The van der Waals surface area contributed by atoms with Gasteiger partial charge in [0.25, 0.3) is 0 Å². The highest BCUT2D eigenvalue weighted by Gasteiger charge is 2.47. The summed E-state index contributed by atoms with van der Waals surface area (Å²) in [6.45, 7) is 6.34. The maximum atomic E-state index is 5.32. The third-order valence-corrected chi connectivity index (χ3v) is 6.58. The van der Waals surface area contributed by atoms with Crippen LogP contribution in [0.25, 0.3) is 0 Å². The van der Waals surface area contributed by atoms with E-state index in [-0.39, 0.29) is 0 Å². The first-order valence-electron chi connectivity index (χ1n) is 9.42. The predicted octanol–water partition coefficient (Wildman–Crippen LogP) is 2.32. The van der Waals surface area contributed by atoms with Gasteiger partial charge in [0.15, 0.2) is 0 Å². The molecule has 0 radical (unpaired) electrons. The van der Waals surface area contributed by atoms with Gasteiger partial charge in [0.1, 0.15) is 5.75 Å². The highest BCUT2D eigenvalue weighted by molar-refractivity contribution is 5.30. The van der Waals surface area contributed by atoms with Crippen molar-refractivity contribution in [3.8, 4) is 5.75 Å². The minimum Gasteiger partial charge on any atom is -0.497 e. The lowest BCUT2D eigenvalue weighted by Gasteiger charge is -2.36. The average molecular weight is 329 g/mol. The van der Waals surface area contributed by atoms with E-state index >= 15 is 0 Å². The number of piperidine rings is 1.